The van der Waals surface area contributed by atoms with E-state index in [1.165, 1.54) is 77.2 Å². The second-order valence-corrected chi connectivity index (χ2v) is 32.3. The molecule has 62 heavy (non-hydrogen) atoms. The van der Waals surface area contributed by atoms with Crippen LogP contribution in [-0.2, 0) is 21.7 Å². The fraction of sp³-hybridized carbons (Fsp3) is 0.684. The number of fused-ring (bicyclic) bond motifs is 4. The first kappa shape index (κ1) is 55.3. The van der Waals surface area contributed by atoms with Gasteiger partial charge in [0.25, 0.3) is 0 Å². The molecule has 345 valence electrons. The average molecular weight is 912 g/mol. The molecule has 12 atom stereocenters. The van der Waals surface area contributed by atoms with Crippen molar-refractivity contribution < 1.29 is 21.7 Å². The predicted molar refractivity (Wildman–Crippen MR) is 277 cm³/mol. The summed E-state index contributed by atoms with van der Waals surface area (Å²) < 4.78 is 2.94. The van der Waals surface area contributed by atoms with E-state index in [9.17, 15) is 0 Å². The van der Waals surface area contributed by atoms with Crippen molar-refractivity contribution in [2.45, 2.75) is 193 Å². The number of benzene rings is 2. The Balaban J connectivity index is 0.000000286. The van der Waals surface area contributed by atoms with E-state index in [0.29, 0.717) is 0 Å². The minimum atomic E-state index is -1.61. The third kappa shape index (κ3) is 12.7. The van der Waals surface area contributed by atoms with Crippen LogP contribution in [0.1, 0.15) is 155 Å². The monoisotopic (exact) mass is 912 g/mol. The molecule has 0 aromatic heterocycles. The summed E-state index contributed by atoms with van der Waals surface area (Å²) in [5, 5.41) is 0. The Kier molecular flexibility index (Phi) is 20.6. The molecule has 0 saturated heterocycles. The van der Waals surface area contributed by atoms with E-state index in [2.05, 4.69) is 146 Å². The minimum Gasteiger partial charge on any atom is -0.660 e. The fourth-order valence-corrected chi connectivity index (χ4v) is 24.8. The molecular formula is C57H95N2Si2Ti. The van der Waals surface area contributed by atoms with Gasteiger partial charge >= 0.3 is 21.7 Å². The zero-order valence-electron chi connectivity index (χ0n) is 42.7. The molecule has 0 aliphatic heterocycles. The standard InChI is InChI=1S/C26H43NSi.C24H38NSi.C5H8.2CH3.Ti/c1-7-27(26(2,3)4)28(5,6)25-18-22(19-12-9-8-10-13-19)23-16-20-14-11-15-21(20)17-24(23)25;1-24(2,3)25-26(4,5)23-16-20(17-10-7-6-8-11-17)21-14-18-12-9-13-19(18)15-22(21)23;1-3-5-4-2;;;/h8-10,12-13,20-25H,7,11,14-18H2,1-6H3;6-8,10-11,18-23H,9,12-16H2,1-5H3;3-5H,1H2,2H3;2*1H3;/q;-1;;2*-1;+3/b;;5-4+;;;. The number of nitrogens with zero attached hydrogens (tertiary/aromatic N) is 2. The number of hydrogen-bond acceptors (Lipinski definition) is 1. The van der Waals surface area contributed by atoms with E-state index in [1.54, 1.807) is 23.6 Å². The van der Waals surface area contributed by atoms with Crippen molar-refractivity contribution in [1.29, 1.82) is 0 Å². The predicted octanol–water partition coefficient (Wildman–Crippen LogP) is 17.3. The van der Waals surface area contributed by atoms with Gasteiger partial charge in [-0.25, -0.2) is 0 Å². The molecule has 0 spiro atoms. The molecule has 0 heterocycles. The van der Waals surface area contributed by atoms with Crippen molar-refractivity contribution in [2.24, 2.45) is 47.3 Å². The van der Waals surface area contributed by atoms with Crippen LogP contribution >= 0.6 is 0 Å². The maximum Gasteiger partial charge on any atom is 3.00 e. The molecule has 6 aliphatic rings. The van der Waals surface area contributed by atoms with Crippen LogP contribution in [0.2, 0.25) is 37.3 Å². The molecule has 6 fully saturated rings. The van der Waals surface area contributed by atoms with Gasteiger partial charge in [0.05, 0.1) is 0 Å². The summed E-state index contributed by atoms with van der Waals surface area (Å²) in [5.41, 5.74) is 5.47. The maximum atomic E-state index is 5.47. The van der Waals surface area contributed by atoms with Gasteiger partial charge in [-0.2, -0.15) is 0 Å². The molecule has 0 bridgehead atoms. The smallest absolute Gasteiger partial charge is 0.660 e. The van der Waals surface area contributed by atoms with Crippen LogP contribution in [0.15, 0.2) is 85.5 Å². The Hall–Kier alpha value is -1.01. The summed E-state index contributed by atoms with van der Waals surface area (Å²) in [7, 11) is -3.14. The van der Waals surface area contributed by atoms with Gasteiger partial charge in [-0.15, -0.1) is 5.54 Å². The summed E-state index contributed by atoms with van der Waals surface area (Å²) >= 11 is 0. The van der Waals surface area contributed by atoms with Crippen molar-refractivity contribution in [3.8, 4) is 0 Å². The summed E-state index contributed by atoms with van der Waals surface area (Å²) in [6, 6.07) is 23.1. The summed E-state index contributed by atoms with van der Waals surface area (Å²) in [5.74, 6) is 9.53. The average Bonchev–Trinajstić information content (AvgIpc) is 3.98. The Morgan fingerprint density at radius 3 is 1.35 bits per heavy atom. The SMILES string of the molecule is C=C/C=C/C.CC(C)(C)[N-][Si](C)(C)C1CC(c2ccccc2)C2CC3CCCC3CC21.CCN(C(C)(C)C)[Si](C)(C)C1CC(c2ccccc2)C2CC3CCCC3CC21.[CH3-].[CH3-].[Ti+3]. The Bertz CT molecular complexity index is 1640. The summed E-state index contributed by atoms with van der Waals surface area (Å²) in [6.07, 6.45) is 23.6. The molecule has 0 amide bonds. The van der Waals surface area contributed by atoms with Crippen LogP contribution in [0.3, 0.4) is 0 Å². The third-order valence-corrected chi connectivity index (χ3v) is 25.7. The first-order valence-electron chi connectivity index (χ1n) is 24.7. The number of allylic oxidation sites excluding steroid dienone is 3. The van der Waals surface area contributed by atoms with E-state index in [1.807, 2.05) is 19.1 Å². The van der Waals surface area contributed by atoms with Crippen LogP contribution in [0, 0.1) is 62.2 Å². The van der Waals surface area contributed by atoms with E-state index in [0.717, 1.165) is 70.3 Å². The number of hydrogen-bond donors (Lipinski definition) is 0. The Morgan fingerprint density at radius 2 is 1.02 bits per heavy atom. The van der Waals surface area contributed by atoms with Crippen molar-refractivity contribution >= 4 is 16.5 Å². The zero-order valence-corrected chi connectivity index (χ0v) is 46.3. The molecule has 1 radical (unpaired) electrons. The molecule has 6 aliphatic carbocycles. The Morgan fingerprint density at radius 1 is 0.629 bits per heavy atom. The maximum absolute atomic E-state index is 5.47. The van der Waals surface area contributed by atoms with Gasteiger partial charge in [-0.3, -0.25) is 0 Å². The second kappa shape index (κ2) is 23.1. The Labute approximate surface area is 403 Å². The first-order chi connectivity index (χ1) is 27.9. The van der Waals surface area contributed by atoms with Crippen molar-refractivity contribution in [2.75, 3.05) is 6.54 Å². The quantitative estimate of drug-likeness (QED) is 0.147. The molecular weight excluding hydrogens is 817 g/mol. The van der Waals surface area contributed by atoms with Crippen molar-refractivity contribution in [3.05, 3.63) is 116 Å². The van der Waals surface area contributed by atoms with E-state index < -0.39 is 16.5 Å². The normalized spacial score (nSPS) is 32.6. The first-order valence-corrected chi connectivity index (χ1v) is 30.8. The van der Waals surface area contributed by atoms with Crippen molar-refractivity contribution in [1.82, 2.24) is 4.57 Å². The topological polar surface area (TPSA) is 17.3 Å². The molecule has 2 nitrogen and oxygen atoms in total. The van der Waals surface area contributed by atoms with Crippen molar-refractivity contribution in [3.63, 3.8) is 0 Å². The van der Waals surface area contributed by atoms with Gasteiger partial charge in [0.1, 0.15) is 8.24 Å². The second-order valence-electron chi connectivity index (χ2n) is 23.5. The van der Waals surface area contributed by atoms with Gasteiger partial charge in [0, 0.05) is 5.54 Å². The van der Waals surface area contributed by atoms with Crippen LogP contribution in [0.25, 0.3) is 4.98 Å². The molecule has 12 unspecified atom stereocenters. The largest absolute Gasteiger partial charge is 3.00 e. The van der Waals surface area contributed by atoms with Crippen LogP contribution in [-0.4, -0.2) is 38.7 Å². The summed E-state index contributed by atoms with van der Waals surface area (Å²) in [4.78, 5) is 5.47. The zero-order chi connectivity index (χ0) is 42.8. The molecule has 0 N–H and O–H groups in total. The molecule has 2 aromatic rings. The van der Waals surface area contributed by atoms with Crippen LogP contribution in [0.4, 0.5) is 0 Å². The molecule has 2 aromatic carbocycles. The van der Waals surface area contributed by atoms with E-state index in [4.69, 9.17) is 4.98 Å². The van der Waals surface area contributed by atoms with E-state index in [-0.39, 0.29) is 47.6 Å². The van der Waals surface area contributed by atoms with Crippen LogP contribution in [0.5, 0.6) is 0 Å². The molecule has 5 heteroatoms. The minimum absolute atomic E-state index is 0. The van der Waals surface area contributed by atoms with Gasteiger partial charge < -0.3 is 24.4 Å². The van der Waals surface area contributed by atoms with Gasteiger partial charge in [-0.05, 0) is 149 Å². The van der Waals surface area contributed by atoms with E-state index >= 15 is 0 Å². The van der Waals surface area contributed by atoms with Gasteiger partial charge in [0.2, 0.25) is 0 Å². The summed E-state index contributed by atoms with van der Waals surface area (Å²) in [6.45, 7) is 33.8. The van der Waals surface area contributed by atoms with Gasteiger partial charge in [0.15, 0.2) is 0 Å². The third-order valence-electron chi connectivity index (χ3n) is 17.2. The molecule has 8 rings (SSSR count). The van der Waals surface area contributed by atoms with Crippen LogP contribution < -0.4 is 0 Å². The fourth-order valence-electron chi connectivity index (χ4n) is 15.5. The number of rotatable bonds is 8. The molecule has 6 saturated carbocycles. The van der Waals surface area contributed by atoms with Gasteiger partial charge in [-0.1, -0.05) is 192 Å².